The van der Waals surface area contributed by atoms with Gasteiger partial charge in [-0.05, 0) is 37.6 Å². The Morgan fingerprint density at radius 1 is 1.21 bits per heavy atom. The molecule has 0 aliphatic heterocycles. The molecular formula is C15H14BrFO2. The van der Waals surface area contributed by atoms with Crippen molar-refractivity contribution in [1.82, 2.24) is 0 Å². The van der Waals surface area contributed by atoms with Crippen LogP contribution in [0.1, 0.15) is 24.2 Å². The average molecular weight is 325 g/mol. The van der Waals surface area contributed by atoms with E-state index in [4.69, 9.17) is 4.74 Å². The number of benzene rings is 2. The minimum absolute atomic E-state index is 0.153. The van der Waals surface area contributed by atoms with E-state index in [2.05, 4.69) is 15.9 Å². The van der Waals surface area contributed by atoms with Crippen LogP contribution in [0.25, 0.3) is 0 Å². The van der Waals surface area contributed by atoms with Gasteiger partial charge in [0.2, 0.25) is 0 Å². The lowest BCUT2D eigenvalue weighted by Gasteiger charge is -2.14. The zero-order chi connectivity index (χ0) is 14.0. The highest BCUT2D eigenvalue weighted by molar-refractivity contribution is 9.10. The standard InChI is InChI=1S/C15H14BrFO2/c1-9-4-3-5-13(15(9)17)19-14-8-11(16)6-7-12(14)10(2)18/h3-8,10,18H,1-2H3. The molecule has 2 nitrogen and oxygen atoms in total. The summed E-state index contributed by atoms with van der Waals surface area (Å²) in [5.74, 6) is 0.202. The maximum absolute atomic E-state index is 13.9. The Balaban J connectivity index is 2.42. The molecule has 19 heavy (non-hydrogen) atoms. The maximum Gasteiger partial charge on any atom is 0.168 e. The molecule has 0 radical (unpaired) electrons. The number of hydrogen-bond donors (Lipinski definition) is 1. The Kier molecular flexibility index (Phi) is 4.22. The Morgan fingerprint density at radius 2 is 1.95 bits per heavy atom. The van der Waals surface area contributed by atoms with Crippen LogP contribution in [0.3, 0.4) is 0 Å². The minimum atomic E-state index is -0.684. The predicted molar refractivity (Wildman–Crippen MR) is 76.0 cm³/mol. The van der Waals surface area contributed by atoms with Gasteiger partial charge in [0.05, 0.1) is 6.10 Å². The lowest BCUT2D eigenvalue weighted by atomic mass is 10.1. The number of aliphatic hydroxyl groups excluding tert-OH is 1. The molecule has 0 spiro atoms. The van der Waals surface area contributed by atoms with Crippen molar-refractivity contribution in [3.8, 4) is 11.5 Å². The molecule has 0 amide bonds. The first-order valence-electron chi connectivity index (χ1n) is 5.89. The van der Waals surface area contributed by atoms with Gasteiger partial charge in [-0.2, -0.15) is 0 Å². The molecule has 2 aromatic carbocycles. The highest BCUT2D eigenvalue weighted by atomic mass is 79.9. The van der Waals surface area contributed by atoms with Crippen molar-refractivity contribution in [1.29, 1.82) is 0 Å². The number of ether oxygens (including phenoxy) is 1. The van der Waals surface area contributed by atoms with Crippen LogP contribution in [0.4, 0.5) is 4.39 Å². The molecule has 1 atom stereocenters. The van der Waals surface area contributed by atoms with Crippen LogP contribution in [-0.4, -0.2) is 5.11 Å². The number of halogens is 2. The first kappa shape index (κ1) is 14.0. The van der Waals surface area contributed by atoms with E-state index in [1.54, 1.807) is 44.2 Å². The Labute approximate surface area is 120 Å². The summed E-state index contributed by atoms with van der Waals surface area (Å²) < 4.78 is 20.3. The van der Waals surface area contributed by atoms with E-state index in [0.717, 1.165) is 4.47 Å². The topological polar surface area (TPSA) is 29.5 Å². The molecule has 0 saturated heterocycles. The molecule has 0 aliphatic carbocycles. The van der Waals surface area contributed by atoms with Crippen LogP contribution in [0, 0.1) is 12.7 Å². The van der Waals surface area contributed by atoms with Crippen molar-refractivity contribution in [2.45, 2.75) is 20.0 Å². The van der Waals surface area contributed by atoms with Gasteiger partial charge in [0, 0.05) is 10.0 Å². The van der Waals surface area contributed by atoms with Crippen molar-refractivity contribution in [3.63, 3.8) is 0 Å². The summed E-state index contributed by atoms with van der Waals surface area (Å²) >= 11 is 3.34. The summed E-state index contributed by atoms with van der Waals surface area (Å²) in [7, 11) is 0. The van der Waals surface area contributed by atoms with E-state index in [0.29, 0.717) is 16.9 Å². The van der Waals surface area contributed by atoms with Gasteiger partial charge < -0.3 is 9.84 Å². The predicted octanol–water partition coefficient (Wildman–Crippen LogP) is 4.74. The molecule has 100 valence electrons. The average Bonchev–Trinajstić information content (AvgIpc) is 2.35. The fourth-order valence-electron chi connectivity index (χ4n) is 1.76. The van der Waals surface area contributed by atoms with Crippen molar-refractivity contribution in [3.05, 3.63) is 57.8 Å². The van der Waals surface area contributed by atoms with Crippen LogP contribution in [0.2, 0.25) is 0 Å². The van der Waals surface area contributed by atoms with E-state index in [9.17, 15) is 9.50 Å². The van der Waals surface area contributed by atoms with Gasteiger partial charge in [-0.1, -0.05) is 34.1 Å². The van der Waals surface area contributed by atoms with Crippen molar-refractivity contribution < 1.29 is 14.2 Å². The molecule has 2 aromatic rings. The van der Waals surface area contributed by atoms with E-state index >= 15 is 0 Å². The molecule has 0 bridgehead atoms. The first-order chi connectivity index (χ1) is 8.99. The van der Waals surface area contributed by atoms with E-state index in [1.807, 2.05) is 6.07 Å². The lowest BCUT2D eigenvalue weighted by molar-refractivity contribution is 0.195. The third-order valence-electron chi connectivity index (χ3n) is 2.80. The summed E-state index contributed by atoms with van der Waals surface area (Å²) in [6, 6.07) is 10.2. The summed E-state index contributed by atoms with van der Waals surface area (Å²) in [6.45, 7) is 3.32. The van der Waals surface area contributed by atoms with Gasteiger partial charge in [0.1, 0.15) is 5.75 Å². The molecule has 1 N–H and O–H groups in total. The Morgan fingerprint density at radius 3 is 2.63 bits per heavy atom. The van der Waals surface area contributed by atoms with Crippen molar-refractivity contribution in [2.24, 2.45) is 0 Å². The van der Waals surface area contributed by atoms with Crippen molar-refractivity contribution >= 4 is 15.9 Å². The Hall–Kier alpha value is -1.39. The second-order valence-corrected chi connectivity index (χ2v) is 5.26. The summed E-state index contributed by atoms with van der Waals surface area (Å²) in [4.78, 5) is 0. The van der Waals surface area contributed by atoms with Gasteiger partial charge in [0.25, 0.3) is 0 Å². The molecule has 0 aliphatic rings. The van der Waals surface area contributed by atoms with Gasteiger partial charge in [-0.25, -0.2) is 4.39 Å². The van der Waals surface area contributed by atoms with Gasteiger partial charge in [0.15, 0.2) is 11.6 Å². The fourth-order valence-corrected chi connectivity index (χ4v) is 2.10. The molecular weight excluding hydrogens is 311 g/mol. The van der Waals surface area contributed by atoms with E-state index in [1.165, 1.54) is 0 Å². The van der Waals surface area contributed by atoms with Crippen LogP contribution in [-0.2, 0) is 0 Å². The van der Waals surface area contributed by atoms with Crippen LogP contribution in [0.5, 0.6) is 11.5 Å². The first-order valence-corrected chi connectivity index (χ1v) is 6.69. The van der Waals surface area contributed by atoms with Gasteiger partial charge in [-0.15, -0.1) is 0 Å². The summed E-state index contributed by atoms with van der Waals surface area (Å²) in [6.07, 6.45) is -0.684. The number of aryl methyl sites for hydroxylation is 1. The summed E-state index contributed by atoms with van der Waals surface area (Å²) in [5, 5.41) is 9.71. The Bertz CT molecular complexity index is 597. The summed E-state index contributed by atoms with van der Waals surface area (Å²) in [5.41, 5.74) is 1.13. The zero-order valence-electron chi connectivity index (χ0n) is 10.7. The third kappa shape index (κ3) is 3.14. The number of rotatable bonds is 3. The third-order valence-corrected chi connectivity index (χ3v) is 3.30. The molecule has 0 heterocycles. The fraction of sp³-hybridized carbons (Fsp3) is 0.200. The second kappa shape index (κ2) is 5.72. The number of hydrogen-bond acceptors (Lipinski definition) is 2. The lowest BCUT2D eigenvalue weighted by Crippen LogP contribution is -1.98. The molecule has 0 fully saturated rings. The molecule has 1 unspecified atom stereocenters. The molecule has 2 rings (SSSR count). The van der Waals surface area contributed by atoms with Gasteiger partial charge in [-0.3, -0.25) is 0 Å². The maximum atomic E-state index is 13.9. The van der Waals surface area contributed by atoms with Crippen LogP contribution >= 0.6 is 15.9 Å². The van der Waals surface area contributed by atoms with Gasteiger partial charge >= 0.3 is 0 Å². The molecule has 4 heteroatoms. The smallest absolute Gasteiger partial charge is 0.168 e. The van der Waals surface area contributed by atoms with E-state index in [-0.39, 0.29) is 11.6 Å². The monoisotopic (exact) mass is 324 g/mol. The minimum Gasteiger partial charge on any atom is -0.454 e. The van der Waals surface area contributed by atoms with Crippen LogP contribution < -0.4 is 4.74 Å². The largest absolute Gasteiger partial charge is 0.454 e. The zero-order valence-corrected chi connectivity index (χ0v) is 12.2. The normalized spacial score (nSPS) is 12.3. The van der Waals surface area contributed by atoms with Crippen LogP contribution in [0.15, 0.2) is 40.9 Å². The molecule has 0 saturated carbocycles. The van der Waals surface area contributed by atoms with E-state index < -0.39 is 6.10 Å². The van der Waals surface area contributed by atoms with Crippen molar-refractivity contribution in [2.75, 3.05) is 0 Å². The highest BCUT2D eigenvalue weighted by Crippen LogP contribution is 2.33. The highest BCUT2D eigenvalue weighted by Gasteiger charge is 2.13. The second-order valence-electron chi connectivity index (χ2n) is 4.35. The molecule has 0 aromatic heterocycles. The SMILES string of the molecule is Cc1cccc(Oc2cc(Br)ccc2C(C)O)c1F. The number of aliphatic hydroxyl groups is 1. The quantitative estimate of drug-likeness (QED) is 0.883.